The molecular weight excluding hydrogens is 204 g/mol. The summed E-state index contributed by atoms with van der Waals surface area (Å²) in [6.07, 6.45) is 4.87. The van der Waals surface area contributed by atoms with Gasteiger partial charge in [-0.3, -0.25) is 4.79 Å². The van der Waals surface area contributed by atoms with Crippen molar-refractivity contribution < 1.29 is 15.0 Å². The molecule has 2 aliphatic carbocycles. The van der Waals surface area contributed by atoms with Gasteiger partial charge in [-0.2, -0.15) is 0 Å². The fourth-order valence-electron chi connectivity index (χ4n) is 3.63. The first-order valence-corrected chi connectivity index (χ1v) is 6.27. The monoisotopic (exact) mass is 226 g/mol. The van der Waals surface area contributed by atoms with Gasteiger partial charge >= 0.3 is 5.97 Å². The Morgan fingerprint density at radius 3 is 2.31 bits per heavy atom. The zero-order chi connectivity index (χ0) is 12.0. The predicted octanol–water partition coefficient (Wildman–Crippen LogP) is 2.43. The van der Waals surface area contributed by atoms with Gasteiger partial charge in [-0.25, -0.2) is 0 Å². The molecule has 0 radical (unpaired) electrons. The molecule has 0 bridgehead atoms. The van der Waals surface area contributed by atoms with Gasteiger partial charge in [-0.1, -0.05) is 20.3 Å². The van der Waals surface area contributed by atoms with E-state index < -0.39 is 11.4 Å². The fraction of sp³-hybridized carbons (Fsp3) is 0.923. The minimum atomic E-state index is -0.694. The van der Waals surface area contributed by atoms with Crippen LogP contribution in [0.1, 0.15) is 52.4 Å². The lowest BCUT2D eigenvalue weighted by molar-refractivity contribution is -0.175. The second-order valence-electron chi connectivity index (χ2n) is 6.48. The van der Waals surface area contributed by atoms with Crippen LogP contribution in [-0.4, -0.2) is 22.3 Å². The van der Waals surface area contributed by atoms with Crippen LogP contribution in [0.15, 0.2) is 0 Å². The first kappa shape index (κ1) is 11.9. The first-order valence-electron chi connectivity index (χ1n) is 6.27. The molecule has 3 nitrogen and oxygen atoms in total. The van der Waals surface area contributed by atoms with Crippen LogP contribution in [0.2, 0.25) is 0 Å². The van der Waals surface area contributed by atoms with Crippen molar-refractivity contribution in [2.24, 2.45) is 16.7 Å². The lowest BCUT2D eigenvalue weighted by atomic mass is 9.53. The molecule has 0 aromatic rings. The number of aliphatic hydroxyl groups excluding tert-OH is 1. The van der Waals surface area contributed by atoms with Gasteiger partial charge in [0, 0.05) is 0 Å². The second-order valence-corrected chi connectivity index (χ2v) is 6.48. The molecule has 2 N–H and O–H groups in total. The van der Waals surface area contributed by atoms with Crippen molar-refractivity contribution in [1.29, 1.82) is 0 Å². The molecule has 3 heteroatoms. The average Bonchev–Trinajstić information content (AvgIpc) is 2.10. The number of rotatable bonds is 2. The molecule has 0 aromatic carbocycles. The SMILES string of the molecule is CC1(C)CCCC(C2(C(=O)O)CC(O)C2)C1. The average molecular weight is 226 g/mol. The first-order chi connectivity index (χ1) is 7.36. The minimum absolute atomic E-state index is 0.261. The zero-order valence-corrected chi connectivity index (χ0v) is 10.2. The van der Waals surface area contributed by atoms with Gasteiger partial charge in [0.15, 0.2) is 0 Å². The van der Waals surface area contributed by atoms with Gasteiger partial charge in [0.1, 0.15) is 0 Å². The highest BCUT2D eigenvalue weighted by atomic mass is 16.4. The minimum Gasteiger partial charge on any atom is -0.481 e. The normalized spacial score (nSPS) is 42.4. The summed E-state index contributed by atoms with van der Waals surface area (Å²) >= 11 is 0. The maximum Gasteiger partial charge on any atom is 0.310 e. The van der Waals surface area contributed by atoms with E-state index in [9.17, 15) is 15.0 Å². The fourth-order valence-corrected chi connectivity index (χ4v) is 3.63. The van der Waals surface area contributed by atoms with Crippen molar-refractivity contribution in [3.05, 3.63) is 0 Å². The third kappa shape index (κ3) is 1.86. The van der Waals surface area contributed by atoms with E-state index in [0.717, 1.165) is 19.3 Å². The van der Waals surface area contributed by atoms with Crippen LogP contribution in [0, 0.1) is 16.7 Å². The van der Waals surface area contributed by atoms with E-state index in [1.807, 2.05) is 0 Å². The van der Waals surface area contributed by atoms with Crippen LogP contribution in [0.25, 0.3) is 0 Å². The Morgan fingerprint density at radius 2 is 1.88 bits per heavy atom. The van der Waals surface area contributed by atoms with Crippen molar-refractivity contribution in [3.8, 4) is 0 Å². The van der Waals surface area contributed by atoms with E-state index in [1.54, 1.807) is 0 Å². The van der Waals surface area contributed by atoms with Crippen LogP contribution in [0.5, 0.6) is 0 Å². The van der Waals surface area contributed by atoms with Gasteiger partial charge in [-0.15, -0.1) is 0 Å². The third-order valence-corrected chi connectivity index (χ3v) is 4.61. The molecular formula is C13H22O3. The number of carbonyl (C=O) groups is 1. The summed E-state index contributed by atoms with van der Waals surface area (Å²) in [6, 6.07) is 0. The van der Waals surface area contributed by atoms with E-state index >= 15 is 0 Å². The van der Waals surface area contributed by atoms with Gasteiger partial charge in [0.2, 0.25) is 0 Å². The topological polar surface area (TPSA) is 57.5 Å². The van der Waals surface area contributed by atoms with E-state index in [-0.39, 0.29) is 17.4 Å². The van der Waals surface area contributed by atoms with Crippen molar-refractivity contribution >= 4 is 5.97 Å². The molecule has 2 rings (SSSR count). The predicted molar refractivity (Wildman–Crippen MR) is 61.0 cm³/mol. The van der Waals surface area contributed by atoms with Gasteiger partial charge in [0.25, 0.3) is 0 Å². The maximum atomic E-state index is 11.4. The van der Waals surface area contributed by atoms with E-state index in [0.29, 0.717) is 12.8 Å². The van der Waals surface area contributed by atoms with Crippen LogP contribution in [-0.2, 0) is 4.79 Å². The van der Waals surface area contributed by atoms with E-state index in [2.05, 4.69) is 13.8 Å². The number of hydrogen-bond acceptors (Lipinski definition) is 2. The molecule has 0 spiro atoms. The molecule has 0 heterocycles. The number of carboxylic acid groups (broad SMARTS) is 1. The van der Waals surface area contributed by atoms with E-state index in [4.69, 9.17) is 0 Å². The molecule has 0 amide bonds. The van der Waals surface area contributed by atoms with Crippen molar-refractivity contribution in [3.63, 3.8) is 0 Å². The summed E-state index contributed by atoms with van der Waals surface area (Å²) in [7, 11) is 0. The number of aliphatic hydroxyl groups is 1. The molecule has 1 atom stereocenters. The molecule has 16 heavy (non-hydrogen) atoms. The Bertz CT molecular complexity index is 290. The standard InChI is InChI=1S/C13H22O3/c1-12(2)5-3-4-9(6-12)13(11(15)16)7-10(14)8-13/h9-10,14H,3-8H2,1-2H3,(H,15,16). The molecule has 1 unspecified atom stereocenters. The largest absolute Gasteiger partial charge is 0.481 e. The van der Waals surface area contributed by atoms with E-state index in [1.165, 1.54) is 6.42 Å². The number of carboxylic acids is 1. The quantitative estimate of drug-likeness (QED) is 0.760. The molecule has 0 aliphatic heterocycles. The molecule has 2 aliphatic rings. The Labute approximate surface area is 96.9 Å². The maximum absolute atomic E-state index is 11.4. The molecule has 0 aromatic heterocycles. The Hall–Kier alpha value is -0.570. The Balaban J connectivity index is 2.13. The van der Waals surface area contributed by atoms with Crippen LogP contribution < -0.4 is 0 Å². The summed E-state index contributed by atoms with van der Waals surface area (Å²) in [5, 5.41) is 18.8. The lowest BCUT2D eigenvalue weighted by Crippen LogP contribution is -2.53. The molecule has 2 fully saturated rings. The molecule has 92 valence electrons. The van der Waals surface area contributed by atoms with Crippen LogP contribution in [0.3, 0.4) is 0 Å². The highest BCUT2D eigenvalue weighted by Gasteiger charge is 2.56. The Morgan fingerprint density at radius 1 is 1.25 bits per heavy atom. The molecule has 0 saturated heterocycles. The smallest absolute Gasteiger partial charge is 0.310 e. The summed E-state index contributed by atoms with van der Waals surface area (Å²) in [6.45, 7) is 4.45. The van der Waals surface area contributed by atoms with Gasteiger partial charge in [0.05, 0.1) is 11.5 Å². The van der Waals surface area contributed by atoms with Gasteiger partial charge in [-0.05, 0) is 43.4 Å². The van der Waals surface area contributed by atoms with Crippen molar-refractivity contribution in [2.75, 3.05) is 0 Å². The summed E-state index contributed by atoms with van der Waals surface area (Å²) in [5.41, 5.74) is -0.344. The highest BCUT2D eigenvalue weighted by molar-refractivity contribution is 5.76. The van der Waals surface area contributed by atoms with Gasteiger partial charge < -0.3 is 10.2 Å². The summed E-state index contributed by atoms with van der Waals surface area (Å²) in [4.78, 5) is 11.4. The van der Waals surface area contributed by atoms with Crippen molar-refractivity contribution in [2.45, 2.75) is 58.5 Å². The number of aliphatic carboxylic acids is 1. The third-order valence-electron chi connectivity index (χ3n) is 4.61. The lowest BCUT2D eigenvalue weighted by Gasteiger charge is -2.51. The van der Waals surface area contributed by atoms with Crippen LogP contribution >= 0.6 is 0 Å². The van der Waals surface area contributed by atoms with Crippen molar-refractivity contribution in [1.82, 2.24) is 0 Å². The Kier molecular flexibility index (Phi) is 2.77. The van der Waals surface area contributed by atoms with Crippen LogP contribution in [0.4, 0.5) is 0 Å². The number of hydrogen-bond donors (Lipinski definition) is 2. The zero-order valence-electron chi connectivity index (χ0n) is 10.2. The highest BCUT2D eigenvalue weighted by Crippen LogP contribution is 2.55. The second kappa shape index (κ2) is 3.73. The summed E-state index contributed by atoms with van der Waals surface area (Å²) in [5.74, 6) is -0.433. The molecule has 2 saturated carbocycles. The summed E-state index contributed by atoms with van der Waals surface area (Å²) < 4.78 is 0.